The summed E-state index contributed by atoms with van der Waals surface area (Å²) in [5.41, 5.74) is 3.16. The Morgan fingerprint density at radius 1 is 0.808 bits per heavy atom. The van der Waals surface area contributed by atoms with Crippen LogP contribution in [0, 0.1) is 0 Å². The van der Waals surface area contributed by atoms with Gasteiger partial charge in [-0.1, -0.05) is 54.6 Å². The zero-order valence-corrected chi connectivity index (χ0v) is 14.6. The van der Waals surface area contributed by atoms with Crippen molar-refractivity contribution >= 4 is 5.91 Å². The second-order valence-corrected chi connectivity index (χ2v) is 5.79. The van der Waals surface area contributed by atoms with Gasteiger partial charge in [-0.15, -0.1) is 0 Å². The lowest BCUT2D eigenvalue weighted by Crippen LogP contribution is -2.24. The predicted molar refractivity (Wildman–Crippen MR) is 102 cm³/mol. The Kier molecular flexibility index (Phi) is 5.88. The van der Waals surface area contributed by atoms with Gasteiger partial charge in [0, 0.05) is 7.05 Å². The van der Waals surface area contributed by atoms with Crippen LogP contribution in [0.1, 0.15) is 5.56 Å². The Morgan fingerprint density at radius 2 is 1.42 bits per heavy atom. The normalized spacial score (nSPS) is 10.2. The highest BCUT2D eigenvalue weighted by Gasteiger charge is 2.04. The van der Waals surface area contributed by atoms with Gasteiger partial charge in [0.05, 0.1) is 0 Å². The predicted octanol–water partition coefficient (Wildman–Crippen LogP) is 4.06. The van der Waals surface area contributed by atoms with Crippen LogP contribution in [0.2, 0.25) is 0 Å². The average Bonchev–Trinajstić information content (AvgIpc) is 2.71. The van der Waals surface area contributed by atoms with Crippen LogP contribution in [0.15, 0.2) is 78.9 Å². The third kappa shape index (κ3) is 4.86. The number of hydrogen-bond donors (Lipinski definition) is 1. The summed E-state index contributed by atoms with van der Waals surface area (Å²) < 4.78 is 11.4. The van der Waals surface area contributed by atoms with Crippen LogP contribution in [0.25, 0.3) is 11.1 Å². The smallest absolute Gasteiger partial charge is 0.257 e. The molecule has 132 valence electrons. The first-order chi connectivity index (χ1) is 12.7. The first kappa shape index (κ1) is 17.5. The van der Waals surface area contributed by atoms with Crippen molar-refractivity contribution in [3.63, 3.8) is 0 Å². The van der Waals surface area contributed by atoms with Crippen LogP contribution in [0.3, 0.4) is 0 Å². The molecule has 0 aliphatic rings. The Hall–Kier alpha value is -3.27. The molecule has 0 radical (unpaired) electrons. The van der Waals surface area contributed by atoms with E-state index in [9.17, 15) is 4.79 Å². The van der Waals surface area contributed by atoms with E-state index in [1.54, 1.807) is 7.05 Å². The lowest BCUT2D eigenvalue weighted by atomic mass is 10.1. The molecule has 0 aliphatic heterocycles. The van der Waals surface area contributed by atoms with Gasteiger partial charge in [-0.25, -0.2) is 0 Å². The molecule has 1 N–H and O–H groups in total. The molecule has 0 heterocycles. The Balaban J connectivity index is 1.70. The maximum Gasteiger partial charge on any atom is 0.257 e. The minimum absolute atomic E-state index is 0.000178. The minimum atomic E-state index is -0.160. The molecular formula is C22H21NO3. The summed E-state index contributed by atoms with van der Waals surface area (Å²) in [6.07, 6.45) is 0. The molecule has 0 atom stereocenters. The maximum absolute atomic E-state index is 11.3. The van der Waals surface area contributed by atoms with Gasteiger partial charge >= 0.3 is 0 Å². The maximum atomic E-state index is 11.3. The molecule has 0 bridgehead atoms. The summed E-state index contributed by atoms with van der Waals surface area (Å²) in [6.45, 7) is 0.528. The van der Waals surface area contributed by atoms with Crippen LogP contribution in [-0.4, -0.2) is 19.6 Å². The molecule has 0 saturated heterocycles. The number of carbonyl (C=O) groups is 1. The van der Waals surface area contributed by atoms with Crippen molar-refractivity contribution in [1.29, 1.82) is 0 Å². The largest absolute Gasteiger partial charge is 0.489 e. The summed E-state index contributed by atoms with van der Waals surface area (Å²) >= 11 is 0. The molecule has 0 saturated carbocycles. The number of likely N-dealkylation sites (N-methyl/N-ethyl adjacent to an activating group) is 1. The molecule has 4 heteroatoms. The summed E-state index contributed by atoms with van der Waals surface area (Å²) in [6, 6.07) is 25.7. The van der Waals surface area contributed by atoms with Gasteiger partial charge in [-0.05, 0) is 41.0 Å². The molecule has 4 nitrogen and oxygen atoms in total. The number of carbonyl (C=O) groups excluding carboxylic acids is 1. The van der Waals surface area contributed by atoms with Crippen molar-refractivity contribution in [2.45, 2.75) is 6.61 Å². The lowest BCUT2D eigenvalue weighted by molar-refractivity contribution is -0.122. The quantitative estimate of drug-likeness (QED) is 0.701. The van der Waals surface area contributed by atoms with E-state index in [0.717, 1.165) is 22.4 Å². The SMILES string of the molecule is CNC(=O)COc1cccc(-c2cccc(OCc3ccccc3)c2)c1. The van der Waals surface area contributed by atoms with Gasteiger partial charge < -0.3 is 14.8 Å². The molecule has 0 fully saturated rings. The van der Waals surface area contributed by atoms with Crippen molar-refractivity contribution in [2.75, 3.05) is 13.7 Å². The first-order valence-electron chi connectivity index (χ1n) is 8.45. The van der Waals surface area contributed by atoms with Gasteiger partial charge in [0.25, 0.3) is 5.91 Å². The second-order valence-electron chi connectivity index (χ2n) is 5.79. The highest BCUT2D eigenvalue weighted by atomic mass is 16.5. The summed E-state index contributed by atoms with van der Waals surface area (Å²) in [5, 5.41) is 2.54. The monoisotopic (exact) mass is 347 g/mol. The highest BCUT2D eigenvalue weighted by Crippen LogP contribution is 2.27. The molecule has 3 aromatic rings. The van der Waals surface area contributed by atoms with Crippen LogP contribution < -0.4 is 14.8 Å². The zero-order chi connectivity index (χ0) is 18.2. The number of amides is 1. The second kappa shape index (κ2) is 8.72. The van der Waals surface area contributed by atoms with E-state index in [1.165, 1.54) is 0 Å². The average molecular weight is 347 g/mol. The minimum Gasteiger partial charge on any atom is -0.489 e. The highest BCUT2D eigenvalue weighted by molar-refractivity contribution is 5.77. The summed E-state index contributed by atoms with van der Waals surface area (Å²) in [7, 11) is 1.59. The third-order valence-electron chi connectivity index (χ3n) is 3.90. The first-order valence-corrected chi connectivity index (χ1v) is 8.45. The summed E-state index contributed by atoms with van der Waals surface area (Å²) in [5.74, 6) is 1.30. The molecule has 0 unspecified atom stereocenters. The molecule has 0 aromatic heterocycles. The number of ether oxygens (including phenoxy) is 2. The Labute approximate surface area is 153 Å². The van der Waals surface area contributed by atoms with Gasteiger partial charge in [0.1, 0.15) is 18.1 Å². The van der Waals surface area contributed by atoms with E-state index in [2.05, 4.69) is 5.32 Å². The van der Waals surface area contributed by atoms with Crippen molar-refractivity contribution in [1.82, 2.24) is 5.32 Å². The zero-order valence-electron chi connectivity index (χ0n) is 14.6. The van der Waals surface area contributed by atoms with Gasteiger partial charge in [0.2, 0.25) is 0 Å². The molecule has 0 spiro atoms. The van der Waals surface area contributed by atoms with E-state index in [0.29, 0.717) is 12.4 Å². The van der Waals surface area contributed by atoms with Gasteiger partial charge in [-0.2, -0.15) is 0 Å². The van der Waals surface area contributed by atoms with E-state index < -0.39 is 0 Å². The van der Waals surface area contributed by atoms with Gasteiger partial charge in [-0.3, -0.25) is 4.79 Å². The molecule has 3 aromatic carbocycles. The number of nitrogens with one attached hydrogen (secondary N) is 1. The van der Waals surface area contributed by atoms with E-state index in [-0.39, 0.29) is 12.5 Å². The van der Waals surface area contributed by atoms with Crippen molar-refractivity contribution in [2.24, 2.45) is 0 Å². The molecular weight excluding hydrogens is 326 g/mol. The molecule has 1 amide bonds. The third-order valence-corrected chi connectivity index (χ3v) is 3.90. The fraction of sp³-hybridized carbons (Fsp3) is 0.136. The topological polar surface area (TPSA) is 47.6 Å². The van der Waals surface area contributed by atoms with Crippen molar-refractivity contribution < 1.29 is 14.3 Å². The van der Waals surface area contributed by atoms with Crippen LogP contribution in [0.4, 0.5) is 0 Å². The Morgan fingerprint density at radius 3 is 2.04 bits per heavy atom. The fourth-order valence-electron chi connectivity index (χ4n) is 2.49. The van der Waals surface area contributed by atoms with Crippen LogP contribution in [-0.2, 0) is 11.4 Å². The number of hydrogen-bond acceptors (Lipinski definition) is 3. The van der Waals surface area contributed by atoms with Crippen LogP contribution >= 0.6 is 0 Å². The lowest BCUT2D eigenvalue weighted by Gasteiger charge is -2.10. The van der Waals surface area contributed by atoms with E-state index >= 15 is 0 Å². The number of benzene rings is 3. The van der Waals surface area contributed by atoms with Crippen molar-refractivity contribution in [3.05, 3.63) is 84.4 Å². The van der Waals surface area contributed by atoms with Crippen molar-refractivity contribution in [3.8, 4) is 22.6 Å². The Bertz CT molecular complexity index is 862. The molecule has 0 aliphatic carbocycles. The molecule has 3 rings (SSSR count). The fourth-order valence-corrected chi connectivity index (χ4v) is 2.49. The van der Waals surface area contributed by atoms with E-state index in [4.69, 9.17) is 9.47 Å². The standard InChI is InChI=1S/C22H21NO3/c1-23-22(24)16-26-21-12-6-10-19(14-21)18-9-5-11-20(13-18)25-15-17-7-3-2-4-8-17/h2-14H,15-16H2,1H3,(H,23,24). The van der Waals surface area contributed by atoms with Gasteiger partial charge in [0.15, 0.2) is 6.61 Å². The molecule has 26 heavy (non-hydrogen) atoms. The number of rotatable bonds is 7. The van der Waals surface area contributed by atoms with E-state index in [1.807, 2.05) is 78.9 Å². The van der Waals surface area contributed by atoms with Crippen LogP contribution in [0.5, 0.6) is 11.5 Å². The summed E-state index contributed by atoms with van der Waals surface area (Å²) in [4.78, 5) is 11.3.